The van der Waals surface area contributed by atoms with E-state index in [9.17, 15) is 0 Å². The molecule has 4 heterocycles. The van der Waals surface area contributed by atoms with Crippen LogP contribution >= 0.6 is 0 Å². The van der Waals surface area contributed by atoms with E-state index in [1.807, 2.05) is 32.2 Å². The molecule has 0 spiro atoms. The van der Waals surface area contributed by atoms with Crippen molar-refractivity contribution in [3.8, 4) is 11.4 Å². The van der Waals surface area contributed by atoms with E-state index in [1.165, 1.54) is 19.3 Å². The van der Waals surface area contributed by atoms with E-state index in [0.29, 0.717) is 11.7 Å². The summed E-state index contributed by atoms with van der Waals surface area (Å²) in [5.41, 5.74) is 3.97. The minimum Gasteiger partial charge on any atom is -0.357 e. The Labute approximate surface area is 152 Å². The Balaban J connectivity index is 1.54. The molecule has 0 aliphatic carbocycles. The summed E-state index contributed by atoms with van der Waals surface area (Å²) in [6.45, 7) is 8.21. The fourth-order valence-electron chi connectivity index (χ4n) is 3.68. The zero-order chi connectivity index (χ0) is 18.1. The molecule has 7 heteroatoms. The summed E-state index contributed by atoms with van der Waals surface area (Å²) in [6.07, 6.45) is 5.62. The molecule has 0 unspecified atom stereocenters. The lowest BCUT2D eigenvalue weighted by atomic mass is 9.99. The van der Waals surface area contributed by atoms with Crippen molar-refractivity contribution in [3.63, 3.8) is 0 Å². The Morgan fingerprint density at radius 3 is 2.62 bits per heavy atom. The Morgan fingerprint density at radius 1 is 1.15 bits per heavy atom. The molecule has 1 atom stereocenters. The molecule has 1 aliphatic rings. The minimum atomic E-state index is -0.00409. The Hall–Kier alpha value is -2.70. The van der Waals surface area contributed by atoms with Gasteiger partial charge in [0.1, 0.15) is 5.82 Å². The number of aryl methyl sites for hydroxylation is 2. The van der Waals surface area contributed by atoms with Crippen molar-refractivity contribution in [2.75, 3.05) is 18.0 Å². The van der Waals surface area contributed by atoms with Crippen LogP contribution in [0.1, 0.15) is 54.9 Å². The molecule has 1 saturated heterocycles. The first-order valence-corrected chi connectivity index (χ1v) is 9.20. The molecule has 3 aromatic rings. The molecular formula is C19H24N6O. The number of H-pyrrole nitrogens is 1. The van der Waals surface area contributed by atoms with Crippen LogP contribution in [0.25, 0.3) is 11.4 Å². The largest absolute Gasteiger partial charge is 0.357 e. The van der Waals surface area contributed by atoms with Gasteiger partial charge in [-0.1, -0.05) is 5.16 Å². The SMILES string of the molecule is Cc1n[nH]c(C)c1[C@@H](C)c1nc(-c2ccc(N3CCCCC3)nc2)no1. The van der Waals surface area contributed by atoms with Gasteiger partial charge in [-0.25, -0.2) is 4.98 Å². The number of rotatable bonds is 4. The summed E-state index contributed by atoms with van der Waals surface area (Å²) >= 11 is 0. The van der Waals surface area contributed by atoms with E-state index >= 15 is 0 Å². The standard InChI is InChI=1S/C19H24N6O/c1-12(17-13(2)22-23-14(17)3)19-21-18(24-26-19)15-7-8-16(20-11-15)25-9-5-4-6-10-25/h7-8,11-12H,4-6,9-10H2,1-3H3,(H,22,23)/t12-/m1/s1. The van der Waals surface area contributed by atoms with Crippen molar-refractivity contribution < 1.29 is 4.52 Å². The first kappa shape index (κ1) is 16.8. The average Bonchev–Trinajstić information content (AvgIpc) is 3.29. The van der Waals surface area contributed by atoms with Crippen LogP contribution in [-0.4, -0.2) is 38.4 Å². The van der Waals surface area contributed by atoms with Gasteiger partial charge < -0.3 is 9.42 Å². The molecule has 1 aliphatic heterocycles. The number of nitrogens with one attached hydrogen (secondary N) is 1. The van der Waals surface area contributed by atoms with Gasteiger partial charge in [0.05, 0.1) is 11.6 Å². The van der Waals surface area contributed by atoms with Crippen molar-refractivity contribution in [1.82, 2.24) is 25.3 Å². The summed E-state index contributed by atoms with van der Waals surface area (Å²) in [5.74, 6) is 2.18. The number of hydrogen-bond donors (Lipinski definition) is 1. The van der Waals surface area contributed by atoms with Crippen LogP contribution in [0.4, 0.5) is 5.82 Å². The zero-order valence-electron chi connectivity index (χ0n) is 15.5. The van der Waals surface area contributed by atoms with E-state index in [2.05, 4.69) is 37.1 Å². The van der Waals surface area contributed by atoms with Crippen LogP contribution in [0.5, 0.6) is 0 Å². The fourth-order valence-corrected chi connectivity index (χ4v) is 3.68. The molecule has 0 saturated carbocycles. The van der Waals surface area contributed by atoms with Crippen LogP contribution in [0.2, 0.25) is 0 Å². The summed E-state index contributed by atoms with van der Waals surface area (Å²) in [5, 5.41) is 11.4. The quantitative estimate of drug-likeness (QED) is 0.772. The zero-order valence-corrected chi connectivity index (χ0v) is 15.5. The molecule has 0 amide bonds. The Kier molecular flexibility index (Phi) is 4.44. The molecule has 3 aromatic heterocycles. The molecule has 0 bridgehead atoms. The van der Waals surface area contributed by atoms with Crippen LogP contribution < -0.4 is 4.90 Å². The molecule has 136 valence electrons. The summed E-state index contributed by atoms with van der Waals surface area (Å²) < 4.78 is 5.52. The number of pyridine rings is 1. The van der Waals surface area contributed by atoms with Crippen LogP contribution in [0, 0.1) is 13.8 Å². The fraction of sp³-hybridized carbons (Fsp3) is 0.474. The number of piperidine rings is 1. The number of nitrogens with zero attached hydrogens (tertiary/aromatic N) is 5. The molecule has 0 aromatic carbocycles. The van der Waals surface area contributed by atoms with Gasteiger partial charge in [-0.15, -0.1) is 0 Å². The molecule has 4 rings (SSSR count). The predicted octanol–water partition coefficient (Wildman–Crippen LogP) is 3.61. The summed E-state index contributed by atoms with van der Waals surface area (Å²) in [7, 11) is 0. The lowest BCUT2D eigenvalue weighted by Crippen LogP contribution is -2.29. The van der Waals surface area contributed by atoms with E-state index in [0.717, 1.165) is 41.4 Å². The van der Waals surface area contributed by atoms with Gasteiger partial charge in [-0.3, -0.25) is 5.10 Å². The van der Waals surface area contributed by atoms with Crippen molar-refractivity contribution >= 4 is 5.82 Å². The van der Waals surface area contributed by atoms with Gasteiger partial charge in [0.15, 0.2) is 0 Å². The molecular weight excluding hydrogens is 328 g/mol. The number of aromatic amines is 1. The topological polar surface area (TPSA) is 83.7 Å². The molecule has 1 fully saturated rings. The molecule has 1 N–H and O–H groups in total. The van der Waals surface area contributed by atoms with Crippen molar-refractivity contribution in [2.24, 2.45) is 0 Å². The highest BCUT2D eigenvalue weighted by Crippen LogP contribution is 2.29. The molecule has 26 heavy (non-hydrogen) atoms. The Bertz CT molecular complexity index is 856. The lowest BCUT2D eigenvalue weighted by molar-refractivity contribution is 0.370. The van der Waals surface area contributed by atoms with Gasteiger partial charge in [0.25, 0.3) is 0 Å². The second-order valence-electron chi connectivity index (χ2n) is 6.98. The highest BCUT2D eigenvalue weighted by Gasteiger charge is 2.22. The van der Waals surface area contributed by atoms with E-state index in [1.54, 1.807) is 0 Å². The minimum absolute atomic E-state index is 0.00409. The maximum atomic E-state index is 5.52. The average molecular weight is 352 g/mol. The van der Waals surface area contributed by atoms with Crippen LogP contribution in [0.3, 0.4) is 0 Å². The highest BCUT2D eigenvalue weighted by molar-refractivity contribution is 5.56. The number of aromatic nitrogens is 5. The highest BCUT2D eigenvalue weighted by atomic mass is 16.5. The van der Waals surface area contributed by atoms with Gasteiger partial charge in [-0.05, 0) is 52.2 Å². The van der Waals surface area contributed by atoms with Gasteiger partial charge in [-0.2, -0.15) is 10.1 Å². The van der Waals surface area contributed by atoms with Crippen molar-refractivity contribution in [3.05, 3.63) is 41.2 Å². The normalized spacial score (nSPS) is 16.0. The molecule has 7 nitrogen and oxygen atoms in total. The smallest absolute Gasteiger partial charge is 0.234 e. The second-order valence-corrected chi connectivity index (χ2v) is 6.98. The lowest BCUT2D eigenvalue weighted by Gasteiger charge is -2.27. The van der Waals surface area contributed by atoms with Crippen LogP contribution in [0.15, 0.2) is 22.9 Å². The van der Waals surface area contributed by atoms with Gasteiger partial charge >= 0.3 is 0 Å². The first-order chi connectivity index (χ1) is 12.6. The van der Waals surface area contributed by atoms with Gasteiger partial charge in [0.2, 0.25) is 11.7 Å². The number of anilines is 1. The number of hydrogen-bond acceptors (Lipinski definition) is 6. The Morgan fingerprint density at radius 2 is 1.96 bits per heavy atom. The monoisotopic (exact) mass is 352 g/mol. The maximum Gasteiger partial charge on any atom is 0.234 e. The van der Waals surface area contributed by atoms with E-state index in [-0.39, 0.29) is 5.92 Å². The maximum absolute atomic E-state index is 5.52. The molecule has 0 radical (unpaired) electrons. The van der Waals surface area contributed by atoms with E-state index < -0.39 is 0 Å². The van der Waals surface area contributed by atoms with Gasteiger partial charge in [0, 0.05) is 36.1 Å². The third kappa shape index (κ3) is 3.09. The predicted molar refractivity (Wildman–Crippen MR) is 99.2 cm³/mol. The summed E-state index contributed by atoms with van der Waals surface area (Å²) in [6, 6.07) is 4.06. The van der Waals surface area contributed by atoms with Crippen LogP contribution in [-0.2, 0) is 0 Å². The second kappa shape index (κ2) is 6.90. The first-order valence-electron chi connectivity index (χ1n) is 9.20. The van der Waals surface area contributed by atoms with Crippen molar-refractivity contribution in [1.29, 1.82) is 0 Å². The third-order valence-electron chi connectivity index (χ3n) is 5.12. The summed E-state index contributed by atoms with van der Waals surface area (Å²) in [4.78, 5) is 11.5. The third-order valence-corrected chi connectivity index (χ3v) is 5.12. The van der Waals surface area contributed by atoms with E-state index in [4.69, 9.17) is 4.52 Å². The van der Waals surface area contributed by atoms with Crippen molar-refractivity contribution in [2.45, 2.75) is 46.0 Å².